The summed E-state index contributed by atoms with van der Waals surface area (Å²) in [6.07, 6.45) is 0.938. The monoisotopic (exact) mass is 262 g/mol. The van der Waals surface area contributed by atoms with E-state index < -0.39 is 0 Å². The maximum Gasteiger partial charge on any atom is 0.0804 e. The number of nitrogens with zero attached hydrogens (tertiary/aromatic N) is 1. The quantitative estimate of drug-likeness (QED) is 0.751. The average Bonchev–Trinajstić information content (AvgIpc) is 2.54. The van der Waals surface area contributed by atoms with Gasteiger partial charge in [0.25, 0.3) is 0 Å². The van der Waals surface area contributed by atoms with E-state index in [9.17, 15) is 0 Å². The van der Waals surface area contributed by atoms with Gasteiger partial charge >= 0.3 is 0 Å². The molecule has 3 rings (SSSR count). The summed E-state index contributed by atoms with van der Waals surface area (Å²) in [6, 6.07) is 18.9. The molecule has 0 atom stereocenters. The van der Waals surface area contributed by atoms with Crippen molar-refractivity contribution in [1.29, 1.82) is 0 Å². The van der Waals surface area contributed by atoms with Crippen LogP contribution in [0.25, 0.3) is 22.0 Å². The van der Waals surface area contributed by atoms with Crippen LogP contribution in [0.15, 0.2) is 54.6 Å². The number of anilines is 1. The first-order valence-electron chi connectivity index (χ1n) is 6.99. The molecule has 0 saturated heterocycles. The van der Waals surface area contributed by atoms with Gasteiger partial charge in [-0.2, -0.15) is 0 Å². The van der Waals surface area contributed by atoms with E-state index in [-0.39, 0.29) is 0 Å². The van der Waals surface area contributed by atoms with Crippen LogP contribution < -0.4 is 5.32 Å². The molecule has 2 heteroatoms. The lowest BCUT2D eigenvalue weighted by Crippen LogP contribution is -1.97. The zero-order valence-electron chi connectivity index (χ0n) is 11.9. The maximum atomic E-state index is 4.84. The second kappa shape index (κ2) is 5.33. The Kier molecular flexibility index (Phi) is 3.38. The Labute approximate surface area is 119 Å². The number of para-hydroxylation sites is 1. The van der Waals surface area contributed by atoms with Crippen LogP contribution in [0.4, 0.5) is 5.69 Å². The molecule has 0 saturated carbocycles. The van der Waals surface area contributed by atoms with Gasteiger partial charge < -0.3 is 5.32 Å². The summed E-state index contributed by atoms with van der Waals surface area (Å²) in [5, 5.41) is 4.46. The summed E-state index contributed by atoms with van der Waals surface area (Å²) in [5.41, 5.74) is 5.73. The molecule has 0 radical (unpaired) electrons. The van der Waals surface area contributed by atoms with Gasteiger partial charge in [0.2, 0.25) is 0 Å². The van der Waals surface area contributed by atoms with Crippen molar-refractivity contribution in [3.05, 3.63) is 60.3 Å². The number of benzene rings is 2. The van der Waals surface area contributed by atoms with Crippen molar-refractivity contribution < 1.29 is 0 Å². The zero-order chi connectivity index (χ0) is 13.9. The topological polar surface area (TPSA) is 24.9 Å². The maximum absolute atomic E-state index is 4.84. The number of hydrogen-bond acceptors (Lipinski definition) is 2. The first-order chi connectivity index (χ1) is 9.83. The molecule has 0 aliphatic rings. The number of hydrogen-bond donors (Lipinski definition) is 1. The third kappa shape index (κ3) is 2.14. The van der Waals surface area contributed by atoms with Crippen molar-refractivity contribution in [2.75, 3.05) is 12.4 Å². The van der Waals surface area contributed by atoms with E-state index in [2.05, 4.69) is 60.8 Å². The molecule has 0 amide bonds. The summed E-state index contributed by atoms with van der Waals surface area (Å²) in [5.74, 6) is 0. The van der Waals surface area contributed by atoms with Gasteiger partial charge in [0, 0.05) is 29.4 Å². The van der Waals surface area contributed by atoms with Crippen LogP contribution in [-0.2, 0) is 6.42 Å². The number of nitrogens with one attached hydrogen (secondary N) is 1. The van der Waals surface area contributed by atoms with Gasteiger partial charge in [0.1, 0.15) is 0 Å². The van der Waals surface area contributed by atoms with Crippen LogP contribution in [0, 0.1) is 0 Å². The molecule has 1 N–H and O–H groups in total. The predicted octanol–water partition coefficient (Wildman–Crippen LogP) is 4.51. The van der Waals surface area contributed by atoms with E-state index in [0.717, 1.165) is 23.3 Å². The van der Waals surface area contributed by atoms with Crippen LogP contribution in [0.3, 0.4) is 0 Å². The van der Waals surface area contributed by atoms with Crippen LogP contribution in [0.5, 0.6) is 0 Å². The molecule has 3 aromatic rings. The highest BCUT2D eigenvalue weighted by Gasteiger charge is 2.09. The highest BCUT2D eigenvalue weighted by molar-refractivity contribution is 6.00. The van der Waals surface area contributed by atoms with Crippen LogP contribution in [0.2, 0.25) is 0 Å². The van der Waals surface area contributed by atoms with Crippen molar-refractivity contribution in [2.45, 2.75) is 13.3 Å². The van der Waals surface area contributed by atoms with E-state index in [1.807, 2.05) is 13.1 Å². The lowest BCUT2D eigenvalue weighted by Gasteiger charge is -2.12. The number of pyridine rings is 1. The second-order valence-corrected chi connectivity index (χ2v) is 4.83. The van der Waals surface area contributed by atoms with Crippen LogP contribution in [-0.4, -0.2) is 12.0 Å². The standard InChI is InChI=1S/C18H18N2/c1-3-14-12-17(19-2)16-11-7-10-15(18(16)20-14)13-8-5-4-6-9-13/h4-12H,3H2,1-2H3,(H,19,20). The van der Waals surface area contributed by atoms with Crippen molar-refractivity contribution >= 4 is 16.6 Å². The Morgan fingerprint density at radius 2 is 1.80 bits per heavy atom. The van der Waals surface area contributed by atoms with Gasteiger partial charge in [-0.25, -0.2) is 0 Å². The third-order valence-electron chi connectivity index (χ3n) is 3.61. The van der Waals surface area contributed by atoms with E-state index in [1.54, 1.807) is 0 Å². The molecule has 0 unspecified atom stereocenters. The molecule has 2 aromatic carbocycles. The van der Waals surface area contributed by atoms with E-state index >= 15 is 0 Å². The minimum Gasteiger partial charge on any atom is -0.388 e. The average molecular weight is 262 g/mol. The molecule has 1 aromatic heterocycles. The summed E-state index contributed by atoms with van der Waals surface area (Å²) in [7, 11) is 1.96. The van der Waals surface area contributed by atoms with Gasteiger partial charge in [-0.15, -0.1) is 0 Å². The largest absolute Gasteiger partial charge is 0.388 e. The minimum atomic E-state index is 0.938. The Balaban J connectivity index is 2.33. The summed E-state index contributed by atoms with van der Waals surface area (Å²) in [6.45, 7) is 2.14. The SMILES string of the molecule is CCc1cc(NC)c2cccc(-c3ccccc3)c2n1. The van der Waals surface area contributed by atoms with Crippen molar-refractivity contribution in [2.24, 2.45) is 0 Å². The van der Waals surface area contributed by atoms with E-state index in [0.29, 0.717) is 0 Å². The minimum absolute atomic E-state index is 0.938. The number of aryl methyl sites for hydroxylation is 1. The van der Waals surface area contributed by atoms with Crippen molar-refractivity contribution in [3.8, 4) is 11.1 Å². The summed E-state index contributed by atoms with van der Waals surface area (Å²) >= 11 is 0. The first-order valence-corrected chi connectivity index (χ1v) is 6.99. The number of aromatic nitrogens is 1. The zero-order valence-corrected chi connectivity index (χ0v) is 11.9. The molecule has 100 valence electrons. The highest BCUT2D eigenvalue weighted by Crippen LogP contribution is 2.31. The highest BCUT2D eigenvalue weighted by atomic mass is 14.8. The van der Waals surface area contributed by atoms with Crippen molar-refractivity contribution in [3.63, 3.8) is 0 Å². The smallest absolute Gasteiger partial charge is 0.0804 e. The molecule has 0 aliphatic carbocycles. The Morgan fingerprint density at radius 3 is 2.50 bits per heavy atom. The molecular weight excluding hydrogens is 244 g/mol. The van der Waals surface area contributed by atoms with Gasteiger partial charge in [0.05, 0.1) is 5.52 Å². The third-order valence-corrected chi connectivity index (χ3v) is 3.61. The van der Waals surface area contributed by atoms with Crippen molar-refractivity contribution in [1.82, 2.24) is 4.98 Å². The lowest BCUT2D eigenvalue weighted by atomic mass is 10.0. The normalized spacial score (nSPS) is 10.7. The predicted molar refractivity (Wildman–Crippen MR) is 86.1 cm³/mol. The summed E-state index contributed by atoms with van der Waals surface area (Å²) in [4.78, 5) is 4.84. The number of fused-ring (bicyclic) bond motifs is 1. The number of rotatable bonds is 3. The second-order valence-electron chi connectivity index (χ2n) is 4.83. The van der Waals surface area contributed by atoms with Gasteiger partial charge in [0.15, 0.2) is 0 Å². The molecule has 0 spiro atoms. The van der Waals surface area contributed by atoms with E-state index in [4.69, 9.17) is 4.98 Å². The Bertz CT molecular complexity index is 733. The summed E-state index contributed by atoms with van der Waals surface area (Å²) < 4.78 is 0. The fraction of sp³-hybridized carbons (Fsp3) is 0.167. The molecule has 2 nitrogen and oxygen atoms in total. The molecular formula is C18H18N2. The molecule has 1 heterocycles. The van der Waals surface area contributed by atoms with Gasteiger partial charge in [-0.05, 0) is 18.1 Å². The Hall–Kier alpha value is -2.35. The fourth-order valence-corrected chi connectivity index (χ4v) is 2.54. The van der Waals surface area contributed by atoms with E-state index in [1.165, 1.54) is 16.5 Å². The molecule has 0 aliphatic heterocycles. The molecule has 20 heavy (non-hydrogen) atoms. The lowest BCUT2D eigenvalue weighted by molar-refractivity contribution is 1.06. The van der Waals surface area contributed by atoms with Crippen LogP contribution in [0.1, 0.15) is 12.6 Å². The molecule has 0 fully saturated rings. The Morgan fingerprint density at radius 1 is 1.00 bits per heavy atom. The van der Waals surface area contributed by atoms with Gasteiger partial charge in [-0.1, -0.05) is 55.5 Å². The first kappa shape index (κ1) is 12.7. The van der Waals surface area contributed by atoms with Gasteiger partial charge in [-0.3, -0.25) is 4.98 Å². The molecule has 0 bridgehead atoms. The van der Waals surface area contributed by atoms with Crippen LogP contribution >= 0.6 is 0 Å². The fourth-order valence-electron chi connectivity index (χ4n) is 2.54.